The minimum absolute atomic E-state index is 0.114. The highest BCUT2D eigenvalue weighted by atomic mass is 32.1. The summed E-state index contributed by atoms with van der Waals surface area (Å²) in [4.78, 5) is 12.1. The zero-order valence-corrected chi connectivity index (χ0v) is 13.1. The molecule has 1 heterocycles. The first-order chi connectivity index (χ1) is 10.6. The van der Waals surface area contributed by atoms with Crippen molar-refractivity contribution in [3.8, 4) is 0 Å². The largest absolute Gasteiger partial charge is 0.335 e. The number of amides is 2. The van der Waals surface area contributed by atoms with Crippen LogP contribution in [0.3, 0.4) is 0 Å². The van der Waals surface area contributed by atoms with Crippen molar-refractivity contribution in [3.05, 3.63) is 5.01 Å². The van der Waals surface area contributed by atoms with Gasteiger partial charge in [-0.3, -0.25) is 5.32 Å². The molecule has 1 spiro atoms. The van der Waals surface area contributed by atoms with Gasteiger partial charge in [-0.15, -0.1) is 10.2 Å². The molecule has 0 radical (unpaired) electrons. The number of hydrogen-bond acceptors (Lipinski definition) is 4. The molecule has 2 aliphatic rings. The lowest BCUT2D eigenvalue weighted by Gasteiger charge is -2.39. The molecule has 0 saturated heterocycles. The topological polar surface area (TPSA) is 66.9 Å². The molecule has 5 nitrogen and oxygen atoms in total. The zero-order chi connectivity index (χ0) is 15.6. The SMILES string of the molecule is O=C(Nc1nnc(C(F)F)s1)NC1CCCC12CCCCC2. The molecule has 2 amide bonds. The van der Waals surface area contributed by atoms with E-state index >= 15 is 0 Å². The van der Waals surface area contributed by atoms with Crippen molar-refractivity contribution in [1.82, 2.24) is 15.5 Å². The highest BCUT2D eigenvalue weighted by Gasteiger charge is 2.43. The average Bonchev–Trinajstić information content (AvgIpc) is 3.09. The predicted molar refractivity (Wildman–Crippen MR) is 80.2 cm³/mol. The van der Waals surface area contributed by atoms with Crippen LogP contribution in [0.4, 0.5) is 18.7 Å². The monoisotopic (exact) mass is 330 g/mol. The second-order valence-corrected chi connectivity index (χ2v) is 7.22. The molecule has 0 aromatic carbocycles. The van der Waals surface area contributed by atoms with Crippen LogP contribution >= 0.6 is 11.3 Å². The minimum Gasteiger partial charge on any atom is -0.335 e. The van der Waals surface area contributed by atoms with Crippen molar-refractivity contribution in [2.75, 3.05) is 5.32 Å². The third kappa shape index (κ3) is 3.21. The Bertz CT molecular complexity index is 531. The van der Waals surface area contributed by atoms with Gasteiger partial charge in [-0.2, -0.15) is 0 Å². The fraction of sp³-hybridized carbons (Fsp3) is 0.786. The Balaban J connectivity index is 1.58. The summed E-state index contributed by atoms with van der Waals surface area (Å²) in [7, 11) is 0. The van der Waals surface area contributed by atoms with Crippen molar-refractivity contribution in [1.29, 1.82) is 0 Å². The molecule has 22 heavy (non-hydrogen) atoms. The van der Waals surface area contributed by atoms with Crippen LogP contribution in [0.25, 0.3) is 0 Å². The number of nitrogens with one attached hydrogen (secondary N) is 2. The summed E-state index contributed by atoms with van der Waals surface area (Å²) in [6.45, 7) is 0. The first-order valence-corrected chi connectivity index (χ1v) is 8.60. The van der Waals surface area contributed by atoms with Gasteiger partial charge in [0.05, 0.1) is 0 Å². The van der Waals surface area contributed by atoms with Crippen LogP contribution in [-0.2, 0) is 0 Å². The number of alkyl halides is 2. The summed E-state index contributed by atoms with van der Waals surface area (Å²) in [6.07, 6.45) is 6.73. The number of rotatable bonds is 3. The lowest BCUT2D eigenvalue weighted by Crippen LogP contribution is -2.46. The standard InChI is InChI=1S/C14H20F2N4OS/c15-10(16)11-19-20-13(22-11)18-12(21)17-9-5-4-8-14(9)6-2-1-3-7-14/h9-10H,1-8H2,(H2,17,18,20,21). The number of halogens is 2. The molecule has 0 aliphatic heterocycles. The smallest absolute Gasteiger partial charge is 0.321 e. The quantitative estimate of drug-likeness (QED) is 0.877. The van der Waals surface area contributed by atoms with Gasteiger partial charge >= 0.3 is 6.03 Å². The van der Waals surface area contributed by atoms with E-state index in [-0.39, 0.29) is 27.6 Å². The molecule has 2 aliphatic carbocycles. The highest BCUT2D eigenvalue weighted by molar-refractivity contribution is 7.15. The fourth-order valence-electron chi connectivity index (χ4n) is 3.88. The van der Waals surface area contributed by atoms with E-state index < -0.39 is 6.43 Å². The number of aromatic nitrogens is 2. The molecule has 1 atom stereocenters. The lowest BCUT2D eigenvalue weighted by molar-refractivity contribution is 0.150. The normalized spacial score (nSPS) is 23.9. The van der Waals surface area contributed by atoms with E-state index in [9.17, 15) is 13.6 Å². The Labute approximate surface area is 131 Å². The van der Waals surface area contributed by atoms with E-state index in [0.717, 1.165) is 12.8 Å². The summed E-state index contributed by atoms with van der Waals surface area (Å²) in [6, 6.07) is -0.191. The van der Waals surface area contributed by atoms with Crippen molar-refractivity contribution in [3.63, 3.8) is 0 Å². The van der Waals surface area contributed by atoms with Crippen molar-refractivity contribution < 1.29 is 13.6 Å². The summed E-state index contributed by atoms with van der Waals surface area (Å²) < 4.78 is 24.9. The molecule has 122 valence electrons. The van der Waals surface area contributed by atoms with Crippen LogP contribution in [0.15, 0.2) is 0 Å². The average molecular weight is 330 g/mol. The molecule has 1 aromatic rings. The number of hydrogen-bond donors (Lipinski definition) is 2. The maximum Gasteiger partial charge on any atom is 0.321 e. The van der Waals surface area contributed by atoms with Crippen molar-refractivity contribution >= 4 is 22.5 Å². The second-order valence-electron chi connectivity index (χ2n) is 6.21. The van der Waals surface area contributed by atoms with Gasteiger partial charge in [0.2, 0.25) is 5.13 Å². The van der Waals surface area contributed by atoms with Gasteiger partial charge in [-0.1, -0.05) is 37.0 Å². The third-order valence-electron chi connectivity index (χ3n) is 4.91. The first kappa shape index (κ1) is 15.6. The van der Waals surface area contributed by atoms with Gasteiger partial charge in [0.15, 0.2) is 5.01 Å². The summed E-state index contributed by atoms with van der Waals surface area (Å²) >= 11 is 0.710. The molecule has 3 rings (SSSR count). The Kier molecular flexibility index (Phi) is 4.56. The van der Waals surface area contributed by atoms with Crippen LogP contribution in [-0.4, -0.2) is 22.3 Å². The van der Waals surface area contributed by atoms with Gasteiger partial charge in [0, 0.05) is 6.04 Å². The molecule has 1 unspecified atom stereocenters. The Morgan fingerprint density at radius 2 is 1.91 bits per heavy atom. The molecule has 2 saturated carbocycles. The van der Waals surface area contributed by atoms with Crippen LogP contribution in [0.1, 0.15) is 62.8 Å². The predicted octanol–water partition coefficient (Wildman–Crippen LogP) is 4.10. The van der Waals surface area contributed by atoms with Gasteiger partial charge < -0.3 is 5.32 Å². The number of urea groups is 1. The number of carbonyl (C=O) groups is 1. The molecule has 2 N–H and O–H groups in total. The minimum atomic E-state index is -2.66. The zero-order valence-electron chi connectivity index (χ0n) is 12.3. The Morgan fingerprint density at radius 1 is 1.18 bits per heavy atom. The number of nitrogens with zero attached hydrogens (tertiary/aromatic N) is 2. The van der Waals surface area contributed by atoms with Crippen LogP contribution < -0.4 is 10.6 Å². The van der Waals surface area contributed by atoms with Crippen molar-refractivity contribution in [2.24, 2.45) is 5.41 Å². The summed E-state index contributed by atoms with van der Waals surface area (Å²) in [5.74, 6) is 0. The van der Waals surface area contributed by atoms with Gasteiger partial charge in [0.25, 0.3) is 6.43 Å². The van der Waals surface area contributed by atoms with E-state index in [1.165, 1.54) is 38.5 Å². The van der Waals surface area contributed by atoms with Gasteiger partial charge in [0.1, 0.15) is 0 Å². The fourth-order valence-corrected chi connectivity index (χ4v) is 4.48. The highest BCUT2D eigenvalue weighted by Crippen LogP contribution is 2.49. The summed E-state index contributed by atoms with van der Waals surface area (Å²) in [5.41, 5.74) is 0.241. The van der Waals surface area contributed by atoms with Crippen LogP contribution in [0.5, 0.6) is 0 Å². The maximum atomic E-state index is 12.5. The van der Waals surface area contributed by atoms with E-state index in [1.54, 1.807) is 0 Å². The second kappa shape index (κ2) is 6.44. The van der Waals surface area contributed by atoms with E-state index in [2.05, 4.69) is 20.8 Å². The Morgan fingerprint density at radius 3 is 2.59 bits per heavy atom. The van der Waals surface area contributed by atoms with E-state index in [4.69, 9.17) is 0 Å². The van der Waals surface area contributed by atoms with E-state index in [0.29, 0.717) is 11.3 Å². The molecule has 0 bridgehead atoms. The molecule has 2 fully saturated rings. The molecule has 8 heteroatoms. The van der Waals surface area contributed by atoms with Gasteiger partial charge in [-0.25, -0.2) is 13.6 Å². The first-order valence-electron chi connectivity index (χ1n) is 7.78. The Hall–Kier alpha value is -1.31. The lowest BCUT2D eigenvalue weighted by atomic mass is 9.70. The number of carbonyl (C=O) groups excluding carboxylic acids is 1. The molecular formula is C14H20F2N4OS. The van der Waals surface area contributed by atoms with Crippen molar-refractivity contribution in [2.45, 2.75) is 63.8 Å². The third-order valence-corrected chi connectivity index (χ3v) is 5.76. The van der Waals surface area contributed by atoms with Crippen LogP contribution in [0.2, 0.25) is 0 Å². The molecular weight excluding hydrogens is 310 g/mol. The van der Waals surface area contributed by atoms with E-state index in [1.807, 2.05) is 0 Å². The molecule has 1 aromatic heterocycles. The maximum absolute atomic E-state index is 12.5. The van der Waals surface area contributed by atoms with Gasteiger partial charge in [-0.05, 0) is 31.1 Å². The van der Waals surface area contributed by atoms with Crippen LogP contribution in [0, 0.1) is 5.41 Å². The number of anilines is 1. The summed E-state index contributed by atoms with van der Waals surface area (Å²) in [5, 5.41) is 12.2.